The van der Waals surface area contributed by atoms with Crippen molar-refractivity contribution in [3.05, 3.63) is 53.6 Å². The number of nitrogens with zero attached hydrogens (tertiary/aromatic N) is 2. The number of Topliss-reactive ketones (excluding diaryl/α,β-unsaturated/α-hetero) is 1. The average molecular weight is 398 g/mol. The third-order valence-electron chi connectivity index (χ3n) is 3.41. The molecule has 2 rings (SSSR count). The van der Waals surface area contributed by atoms with E-state index >= 15 is 0 Å². The molecule has 0 amide bonds. The van der Waals surface area contributed by atoms with Crippen molar-refractivity contribution in [1.29, 1.82) is 5.26 Å². The second-order valence-corrected chi connectivity index (χ2v) is 6.70. The van der Waals surface area contributed by atoms with Crippen LogP contribution in [-0.4, -0.2) is 35.8 Å². The van der Waals surface area contributed by atoms with Crippen LogP contribution in [0.5, 0.6) is 5.75 Å². The Kier molecular flexibility index (Phi) is 7.75. The molecule has 0 aromatic heterocycles. The summed E-state index contributed by atoms with van der Waals surface area (Å²) in [6, 6.07) is 14.1. The SMILES string of the molecule is CC(=O)ON=C(C)C(=O)c1ccc(Sc2ccc(OCCO)c(C#N)c2)cc1. The number of hydrogen-bond donors (Lipinski definition) is 1. The van der Waals surface area contributed by atoms with E-state index in [1.807, 2.05) is 6.07 Å². The van der Waals surface area contributed by atoms with Crippen molar-refractivity contribution >= 4 is 29.2 Å². The topological polar surface area (TPSA) is 109 Å². The molecular formula is C20H18N2O5S. The first-order valence-corrected chi connectivity index (χ1v) is 9.09. The Morgan fingerprint density at radius 2 is 1.82 bits per heavy atom. The van der Waals surface area contributed by atoms with Gasteiger partial charge in [-0.15, -0.1) is 0 Å². The minimum absolute atomic E-state index is 0.0766. The number of aliphatic hydroxyl groups is 1. The number of aliphatic hydroxyl groups excluding tert-OH is 1. The lowest BCUT2D eigenvalue weighted by atomic mass is 10.1. The van der Waals surface area contributed by atoms with Crippen LogP contribution in [0.4, 0.5) is 0 Å². The number of nitriles is 1. The molecule has 144 valence electrons. The molecular weight excluding hydrogens is 380 g/mol. The second kappa shape index (κ2) is 10.3. The molecule has 0 bridgehead atoms. The van der Waals surface area contributed by atoms with Crippen LogP contribution in [0.2, 0.25) is 0 Å². The van der Waals surface area contributed by atoms with Crippen LogP contribution < -0.4 is 4.74 Å². The summed E-state index contributed by atoms with van der Waals surface area (Å²) in [6.45, 7) is 2.67. The van der Waals surface area contributed by atoms with Crippen molar-refractivity contribution < 1.29 is 24.3 Å². The van der Waals surface area contributed by atoms with Crippen molar-refractivity contribution in [2.24, 2.45) is 5.16 Å². The molecule has 2 aromatic rings. The molecule has 7 nitrogen and oxygen atoms in total. The van der Waals surface area contributed by atoms with Crippen LogP contribution in [-0.2, 0) is 9.63 Å². The Labute approximate surface area is 166 Å². The van der Waals surface area contributed by atoms with Gasteiger partial charge in [-0.3, -0.25) is 4.79 Å². The molecule has 0 aliphatic carbocycles. The maximum atomic E-state index is 12.2. The monoisotopic (exact) mass is 398 g/mol. The normalized spacial score (nSPS) is 10.9. The molecule has 2 aromatic carbocycles. The fourth-order valence-electron chi connectivity index (χ4n) is 2.13. The second-order valence-electron chi connectivity index (χ2n) is 5.56. The van der Waals surface area contributed by atoms with Crippen LogP contribution in [0.3, 0.4) is 0 Å². The van der Waals surface area contributed by atoms with E-state index in [4.69, 9.17) is 9.84 Å². The number of benzene rings is 2. The lowest BCUT2D eigenvalue weighted by Gasteiger charge is -2.08. The van der Waals surface area contributed by atoms with Crippen LogP contribution in [0.15, 0.2) is 57.4 Å². The molecule has 0 heterocycles. The molecule has 8 heteroatoms. The van der Waals surface area contributed by atoms with E-state index in [2.05, 4.69) is 16.1 Å². The Hall–Kier alpha value is -3.15. The minimum Gasteiger partial charge on any atom is -0.490 e. The first-order valence-electron chi connectivity index (χ1n) is 8.27. The molecule has 1 N–H and O–H groups in total. The fourth-order valence-corrected chi connectivity index (χ4v) is 2.99. The molecule has 0 radical (unpaired) electrons. The maximum absolute atomic E-state index is 12.2. The standard InChI is InChI=1S/C20H18N2O5S/c1-13(22-27-14(2)24)20(25)15-3-5-17(6-4-15)28-18-7-8-19(26-10-9-23)16(11-18)12-21/h3-8,11,23H,9-10H2,1-2H3. The maximum Gasteiger partial charge on any atom is 0.331 e. The van der Waals surface area contributed by atoms with Gasteiger partial charge in [-0.2, -0.15) is 5.26 Å². The Balaban J connectivity index is 2.10. The van der Waals surface area contributed by atoms with E-state index in [-0.39, 0.29) is 24.7 Å². The molecule has 28 heavy (non-hydrogen) atoms. The van der Waals surface area contributed by atoms with Gasteiger partial charge < -0.3 is 14.7 Å². The molecule has 0 spiro atoms. The molecule has 0 aliphatic rings. The van der Waals surface area contributed by atoms with Crippen LogP contribution >= 0.6 is 11.8 Å². The van der Waals surface area contributed by atoms with E-state index in [0.29, 0.717) is 16.9 Å². The summed E-state index contributed by atoms with van der Waals surface area (Å²) >= 11 is 1.43. The van der Waals surface area contributed by atoms with Gasteiger partial charge in [-0.05, 0) is 49.4 Å². The van der Waals surface area contributed by atoms with Gasteiger partial charge in [-0.1, -0.05) is 16.9 Å². The molecule has 0 saturated heterocycles. The summed E-state index contributed by atoms with van der Waals surface area (Å²) in [4.78, 5) is 29.2. The summed E-state index contributed by atoms with van der Waals surface area (Å²) in [6.07, 6.45) is 0. The Morgan fingerprint density at radius 1 is 1.14 bits per heavy atom. The van der Waals surface area contributed by atoms with Crippen molar-refractivity contribution in [3.8, 4) is 11.8 Å². The molecule has 0 atom stereocenters. The molecule has 0 saturated carbocycles. The lowest BCUT2D eigenvalue weighted by Crippen LogP contribution is -2.11. The average Bonchev–Trinajstić information content (AvgIpc) is 2.70. The molecule has 0 fully saturated rings. The number of carbonyl (C=O) groups excluding carboxylic acids is 2. The smallest absolute Gasteiger partial charge is 0.331 e. The zero-order chi connectivity index (χ0) is 20.5. The third kappa shape index (κ3) is 5.94. The van der Waals surface area contributed by atoms with Gasteiger partial charge in [-0.25, -0.2) is 4.79 Å². The summed E-state index contributed by atoms with van der Waals surface area (Å²) in [5.74, 6) is -0.511. The van der Waals surface area contributed by atoms with Gasteiger partial charge in [0.25, 0.3) is 0 Å². The summed E-state index contributed by atoms with van der Waals surface area (Å²) in [7, 11) is 0. The zero-order valence-electron chi connectivity index (χ0n) is 15.3. The number of ketones is 1. The predicted octanol–water partition coefficient (Wildman–Crippen LogP) is 3.20. The van der Waals surface area contributed by atoms with E-state index in [1.165, 1.54) is 25.6 Å². The number of carbonyl (C=O) groups is 2. The van der Waals surface area contributed by atoms with Crippen molar-refractivity contribution in [1.82, 2.24) is 0 Å². The van der Waals surface area contributed by atoms with Crippen LogP contribution in [0, 0.1) is 11.3 Å². The highest BCUT2D eigenvalue weighted by molar-refractivity contribution is 7.99. The van der Waals surface area contributed by atoms with E-state index in [0.717, 1.165) is 9.79 Å². The highest BCUT2D eigenvalue weighted by Crippen LogP contribution is 2.31. The van der Waals surface area contributed by atoms with Gasteiger partial charge >= 0.3 is 5.97 Å². The summed E-state index contributed by atoms with van der Waals surface area (Å²) < 4.78 is 5.32. The van der Waals surface area contributed by atoms with E-state index in [1.54, 1.807) is 36.4 Å². The minimum atomic E-state index is -0.594. The number of ether oxygens (including phenoxy) is 1. The van der Waals surface area contributed by atoms with Crippen LogP contribution in [0.1, 0.15) is 29.8 Å². The van der Waals surface area contributed by atoms with Gasteiger partial charge in [0.15, 0.2) is 0 Å². The quantitative estimate of drug-likeness (QED) is 0.315. The largest absolute Gasteiger partial charge is 0.490 e. The predicted molar refractivity (Wildman–Crippen MR) is 104 cm³/mol. The van der Waals surface area contributed by atoms with Crippen molar-refractivity contribution in [3.63, 3.8) is 0 Å². The van der Waals surface area contributed by atoms with Crippen LogP contribution in [0.25, 0.3) is 0 Å². The zero-order valence-corrected chi connectivity index (χ0v) is 16.2. The van der Waals surface area contributed by atoms with Gasteiger partial charge in [0, 0.05) is 22.3 Å². The van der Waals surface area contributed by atoms with Gasteiger partial charge in [0.05, 0.1) is 12.2 Å². The van der Waals surface area contributed by atoms with Gasteiger partial charge in [0.1, 0.15) is 24.1 Å². The molecule has 0 unspecified atom stereocenters. The highest BCUT2D eigenvalue weighted by Gasteiger charge is 2.12. The fraction of sp³-hybridized carbons (Fsp3) is 0.200. The van der Waals surface area contributed by atoms with Gasteiger partial charge in [0.2, 0.25) is 5.78 Å². The number of oxime groups is 1. The Morgan fingerprint density at radius 3 is 2.43 bits per heavy atom. The van der Waals surface area contributed by atoms with E-state index in [9.17, 15) is 14.9 Å². The molecule has 0 aliphatic heterocycles. The number of rotatable bonds is 8. The van der Waals surface area contributed by atoms with E-state index < -0.39 is 5.97 Å². The van der Waals surface area contributed by atoms with Crippen molar-refractivity contribution in [2.45, 2.75) is 23.6 Å². The van der Waals surface area contributed by atoms with Crippen molar-refractivity contribution in [2.75, 3.05) is 13.2 Å². The first-order chi connectivity index (χ1) is 13.4. The number of hydrogen-bond acceptors (Lipinski definition) is 8. The lowest BCUT2D eigenvalue weighted by molar-refractivity contribution is -0.140. The Bertz CT molecular complexity index is 933. The first kappa shape index (κ1) is 21.2. The third-order valence-corrected chi connectivity index (χ3v) is 4.41. The highest BCUT2D eigenvalue weighted by atomic mass is 32.2. The summed E-state index contributed by atoms with van der Waals surface area (Å²) in [5, 5.41) is 21.6. The summed E-state index contributed by atoms with van der Waals surface area (Å²) in [5.41, 5.74) is 0.874.